The van der Waals surface area contributed by atoms with E-state index < -0.39 is 33.3 Å². The van der Waals surface area contributed by atoms with Crippen molar-refractivity contribution in [3.05, 3.63) is 47.8 Å². The number of nitrogens with one attached hydrogen (secondary N) is 1. The third-order valence-electron chi connectivity index (χ3n) is 8.16. The van der Waals surface area contributed by atoms with Crippen LogP contribution in [0.15, 0.2) is 30.6 Å². The first-order valence-electron chi connectivity index (χ1n) is 14.1. The van der Waals surface area contributed by atoms with Gasteiger partial charge in [0, 0.05) is 56.3 Å². The molecule has 0 saturated carbocycles. The Balaban J connectivity index is 1.41. The molecule has 0 bridgehead atoms. The van der Waals surface area contributed by atoms with Crippen molar-refractivity contribution in [2.24, 2.45) is 0 Å². The first-order valence-corrected chi connectivity index (χ1v) is 16.0. The molecule has 1 aromatic carbocycles. The van der Waals surface area contributed by atoms with Crippen molar-refractivity contribution < 1.29 is 26.0 Å². The van der Waals surface area contributed by atoms with Crippen molar-refractivity contribution in [3.8, 4) is 17.1 Å². The first-order chi connectivity index (χ1) is 20.2. The second-order valence-corrected chi connectivity index (χ2v) is 13.4. The van der Waals surface area contributed by atoms with Gasteiger partial charge in [0.15, 0.2) is 0 Å². The molecule has 0 spiro atoms. The monoisotopic (exact) mass is 624 g/mol. The van der Waals surface area contributed by atoms with E-state index in [1.807, 2.05) is 20.2 Å². The van der Waals surface area contributed by atoms with Crippen LogP contribution in [-0.4, -0.2) is 95.8 Å². The summed E-state index contributed by atoms with van der Waals surface area (Å²) >= 11 is 0. The molecule has 2 saturated heterocycles. The number of piperidine rings is 2. The molecule has 10 nitrogen and oxygen atoms in total. The molecule has 15 heteroatoms. The molecule has 5 rings (SSSR count). The Kier molecular flexibility index (Phi) is 8.69. The fourth-order valence-electron chi connectivity index (χ4n) is 5.70. The maximum atomic E-state index is 15.5. The largest absolute Gasteiger partial charge is 0.420 e. The van der Waals surface area contributed by atoms with Crippen LogP contribution in [0.5, 0.6) is 0 Å². The van der Waals surface area contributed by atoms with E-state index in [-0.39, 0.29) is 36.5 Å². The Morgan fingerprint density at radius 2 is 1.79 bits per heavy atom. The van der Waals surface area contributed by atoms with Crippen LogP contribution in [0, 0.1) is 12.7 Å². The Morgan fingerprint density at radius 1 is 1.07 bits per heavy atom. The second kappa shape index (κ2) is 12.0. The summed E-state index contributed by atoms with van der Waals surface area (Å²) in [5.41, 5.74) is -0.652. The second-order valence-electron chi connectivity index (χ2n) is 11.4. The summed E-state index contributed by atoms with van der Waals surface area (Å²) in [4.78, 5) is 16.7. The van der Waals surface area contributed by atoms with Crippen molar-refractivity contribution in [2.75, 3.05) is 56.7 Å². The molecule has 43 heavy (non-hydrogen) atoms. The number of alkyl halides is 3. The molecule has 0 radical (unpaired) electrons. The summed E-state index contributed by atoms with van der Waals surface area (Å²) < 4.78 is 83.9. The average molecular weight is 625 g/mol. The highest BCUT2D eigenvalue weighted by molar-refractivity contribution is 7.88. The summed E-state index contributed by atoms with van der Waals surface area (Å²) in [6.45, 7) is 3.75. The van der Waals surface area contributed by atoms with Gasteiger partial charge in [-0.15, -0.1) is 0 Å². The van der Waals surface area contributed by atoms with Crippen LogP contribution in [-0.2, 0) is 16.2 Å². The molecule has 2 aliphatic heterocycles. The van der Waals surface area contributed by atoms with E-state index in [2.05, 4.69) is 30.1 Å². The van der Waals surface area contributed by atoms with Gasteiger partial charge in [-0.1, -0.05) is 0 Å². The third kappa shape index (κ3) is 6.93. The minimum Gasteiger partial charge on any atom is -0.370 e. The van der Waals surface area contributed by atoms with Crippen LogP contribution < -0.4 is 10.2 Å². The van der Waals surface area contributed by atoms with Crippen molar-refractivity contribution in [1.29, 1.82) is 0 Å². The van der Waals surface area contributed by atoms with E-state index in [4.69, 9.17) is 0 Å². The Labute approximate surface area is 248 Å². The smallest absolute Gasteiger partial charge is 0.370 e. The van der Waals surface area contributed by atoms with Gasteiger partial charge in [-0.05, 0) is 64.9 Å². The quantitative estimate of drug-likeness (QED) is 0.392. The lowest BCUT2D eigenvalue weighted by Crippen LogP contribution is -2.45. The van der Waals surface area contributed by atoms with Gasteiger partial charge in [-0.3, -0.25) is 0 Å². The van der Waals surface area contributed by atoms with E-state index in [0.29, 0.717) is 30.9 Å². The third-order valence-corrected chi connectivity index (χ3v) is 9.46. The van der Waals surface area contributed by atoms with Crippen molar-refractivity contribution in [1.82, 2.24) is 28.7 Å². The molecule has 0 aliphatic carbocycles. The molecule has 4 heterocycles. The van der Waals surface area contributed by atoms with Gasteiger partial charge in [0.1, 0.15) is 28.6 Å². The van der Waals surface area contributed by atoms with Gasteiger partial charge in [0.2, 0.25) is 16.0 Å². The fourth-order valence-corrected chi connectivity index (χ4v) is 6.57. The molecule has 2 fully saturated rings. The van der Waals surface area contributed by atoms with E-state index in [0.717, 1.165) is 37.9 Å². The van der Waals surface area contributed by atoms with Crippen LogP contribution in [0.2, 0.25) is 0 Å². The van der Waals surface area contributed by atoms with Crippen LogP contribution in [0.4, 0.5) is 29.2 Å². The van der Waals surface area contributed by atoms with Crippen LogP contribution >= 0.6 is 0 Å². The summed E-state index contributed by atoms with van der Waals surface area (Å²) in [7, 11) is 0.740. The van der Waals surface area contributed by atoms with Crippen LogP contribution in [0.3, 0.4) is 0 Å². The number of benzene rings is 1. The van der Waals surface area contributed by atoms with E-state index in [1.54, 1.807) is 13.0 Å². The minimum atomic E-state index is -4.75. The molecule has 1 N–H and O–H groups in total. The highest BCUT2D eigenvalue weighted by Crippen LogP contribution is 2.36. The highest BCUT2D eigenvalue weighted by atomic mass is 32.2. The highest BCUT2D eigenvalue weighted by Gasteiger charge is 2.37. The van der Waals surface area contributed by atoms with Gasteiger partial charge in [-0.25, -0.2) is 32.1 Å². The number of rotatable bonds is 7. The minimum absolute atomic E-state index is 0.0268. The molecule has 2 aromatic heterocycles. The molecule has 0 amide bonds. The Bertz CT molecular complexity index is 1570. The molecule has 234 valence electrons. The maximum absolute atomic E-state index is 15.5. The molecular formula is C28H36F4N8O2S. The molecule has 2 aliphatic rings. The predicted octanol–water partition coefficient (Wildman–Crippen LogP) is 4.16. The zero-order chi connectivity index (χ0) is 31.1. The number of likely N-dealkylation sites (N-methyl/N-ethyl adjacent to an activating group) is 1. The van der Waals surface area contributed by atoms with Gasteiger partial charge in [-0.2, -0.15) is 13.2 Å². The lowest BCUT2D eigenvalue weighted by Gasteiger charge is -2.37. The van der Waals surface area contributed by atoms with Gasteiger partial charge < -0.3 is 19.7 Å². The van der Waals surface area contributed by atoms with Crippen molar-refractivity contribution in [3.63, 3.8) is 0 Å². The van der Waals surface area contributed by atoms with Crippen LogP contribution in [0.25, 0.3) is 17.1 Å². The number of anilines is 2. The SMILES string of the molecule is Cc1nc(-c2nc(NC3CCN(S(C)(=O)=O)CC3)ncc2C(F)(F)F)cn1-c1ccc(N2CCC[C@H](N(C)C)C2)cc1F. The lowest BCUT2D eigenvalue weighted by atomic mass is 10.0. The number of aryl methyl sites for hydroxylation is 1. The van der Waals surface area contributed by atoms with Crippen LogP contribution in [0.1, 0.15) is 37.1 Å². The number of aromatic nitrogens is 4. The number of sulfonamides is 1. The summed E-state index contributed by atoms with van der Waals surface area (Å²) in [5, 5.41) is 3.04. The standard InChI is InChI=1S/C28H36F4N8O2S/c1-18-34-24(17-40(18)25-8-7-20(14-23(25)29)38-11-5-6-21(16-38)37(2)3)26-22(28(30,31)32)15-33-27(36-26)35-19-9-12-39(13-10-19)43(4,41)42/h7-8,14-15,17,19,21H,5-6,9-13,16H2,1-4H3,(H,33,35,36)/t21-/m0/s1. The van der Waals surface area contributed by atoms with Gasteiger partial charge >= 0.3 is 6.18 Å². The zero-order valence-corrected chi connectivity index (χ0v) is 25.4. The molecule has 1 atom stereocenters. The summed E-state index contributed by atoms with van der Waals surface area (Å²) in [5.74, 6) is -0.249. The van der Waals surface area contributed by atoms with E-state index in [1.165, 1.54) is 21.1 Å². The number of halogens is 4. The first kappa shape index (κ1) is 31.1. The lowest BCUT2D eigenvalue weighted by molar-refractivity contribution is -0.137. The Hall–Kier alpha value is -3.30. The maximum Gasteiger partial charge on any atom is 0.420 e. The van der Waals surface area contributed by atoms with Crippen molar-refractivity contribution >= 4 is 21.7 Å². The van der Waals surface area contributed by atoms with Crippen molar-refractivity contribution in [2.45, 2.75) is 50.9 Å². The number of nitrogens with zero attached hydrogens (tertiary/aromatic N) is 7. The molecular weight excluding hydrogens is 588 g/mol. The summed E-state index contributed by atoms with van der Waals surface area (Å²) in [6, 6.07) is 5.03. The number of imidazole rings is 1. The molecule has 0 unspecified atom stereocenters. The normalized spacial score (nSPS) is 19.3. The Morgan fingerprint density at radius 3 is 2.42 bits per heavy atom. The predicted molar refractivity (Wildman–Crippen MR) is 156 cm³/mol. The summed E-state index contributed by atoms with van der Waals surface area (Å²) in [6.07, 6.45) is 1.41. The number of hydrogen-bond donors (Lipinski definition) is 1. The van der Waals surface area contributed by atoms with E-state index >= 15 is 4.39 Å². The molecule has 3 aromatic rings. The van der Waals surface area contributed by atoms with E-state index in [9.17, 15) is 21.6 Å². The van der Waals surface area contributed by atoms with Gasteiger partial charge in [0.05, 0.1) is 11.9 Å². The number of hydrogen-bond acceptors (Lipinski definition) is 8. The van der Waals surface area contributed by atoms with Gasteiger partial charge in [0.25, 0.3) is 0 Å². The zero-order valence-electron chi connectivity index (χ0n) is 24.6. The average Bonchev–Trinajstić information content (AvgIpc) is 3.33. The fraction of sp³-hybridized carbons (Fsp3) is 0.536. The topological polar surface area (TPSA) is 99.5 Å².